The zero-order valence-corrected chi connectivity index (χ0v) is 15.9. The highest BCUT2D eigenvalue weighted by Crippen LogP contribution is 2.35. The summed E-state index contributed by atoms with van der Waals surface area (Å²) in [5.41, 5.74) is 0.0195. The van der Waals surface area contributed by atoms with Crippen molar-refractivity contribution in [2.75, 3.05) is 17.3 Å². The number of carboxylic acid groups (broad SMARTS) is 1. The summed E-state index contributed by atoms with van der Waals surface area (Å²) in [4.78, 5) is 49.6. The number of rotatable bonds is 6. The molecule has 150 valence electrons. The van der Waals surface area contributed by atoms with Gasteiger partial charge in [0.25, 0.3) is 5.24 Å². The summed E-state index contributed by atoms with van der Waals surface area (Å²) in [6.45, 7) is 0. The summed E-state index contributed by atoms with van der Waals surface area (Å²) in [7, 11) is 1.46. The van der Waals surface area contributed by atoms with Crippen molar-refractivity contribution < 1.29 is 34.1 Å². The first kappa shape index (κ1) is 20.2. The minimum absolute atomic E-state index is 0.0216. The van der Waals surface area contributed by atoms with Crippen LogP contribution in [0.15, 0.2) is 42.5 Å². The average Bonchev–Trinajstić information content (AvgIpc) is 2.96. The first-order valence-electron chi connectivity index (χ1n) is 8.35. The van der Waals surface area contributed by atoms with Crippen molar-refractivity contribution in [2.24, 2.45) is 0 Å². The van der Waals surface area contributed by atoms with Crippen molar-refractivity contribution in [1.29, 1.82) is 0 Å². The maximum atomic E-state index is 12.7. The normalized spacial score (nSPS) is 16.0. The van der Waals surface area contributed by atoms with Gasteiger partial charge in [0.15, 0.2) is 0 Å². The molecule has 3 N–H and O–H groups in total. The van der Waals surface area contributed by atoms with Crippen molar-refractivity contribution in [3.63, 3.8) is 0 Å². The third-order valence-corrected chi connectivity index (χ3v) is 5.15. The number of carbonyl (C=O) groups is 4. The highest BCUT2D eigenvalue weighted by molar-refractivity contribution is 8.15. The van der Waals surface area contributed by atoms with Crippen molar-refractivity contribution in [3.8, 4) is 11.5 Å². The predicted octanol–water partition coefficient (Wildman–Crippen LogP) is 2.70. The number of nitrogens with one attached hydrogen (secondary N) is 1. The second kappa shape index (κ2) is 8.23. The molecule has 0 aromatic heterocycles. The number of carboxylic acids is 1. The lowest BCUT2D eigenvalue weighted by Gasteiger charge is -2.15. The van der Waals surface area contributed by atoms with Crippen LogP contribution >= 0.6 is 11.8 Å². The van der Waals surface area contributed by atoms with Gasteiger partial charge in [-0.15, -0.1) is 0 Å². The highest BCUT2D eigenvalue weighted by Gasteiger charge is 2.41. The van der Waals surface area contributed by atoms with Gasteiger partial charge in [-0.05, 0) is 42.1 Å². The van der Waals surface area contributed by atoms with E-state index in [1.165, 1.54) is 25.3 Å². The second-order valence-electron chi connectivity index (χ2n) is 6.03. The molecule has 0 aliphatic carbocycles. The van der Waals surface area contributed by atoms with Crippen LogP contribution in [0.2, 0.25) is 0 Å². The number of methoxy groups -OCH3 is 1. The van der Waals surface area contributed by atoms with E-state index in [1.54, 1.807) is 18.2 Å². The molecule has 10 heteroatoms. The number of anilines is 2. The van der Waals surface area contributed by atoms with Crippen LogP contribution in [0, 0.1) is 0 Å². The molecule has 1 atom stereocenters. The molecule has 1 saturated heterocycles. The lowest BCUT2D eigenvalue weighted by atomic mass is 10.1. The summed E-state index contributed by atoms with van der Waals surface area (Å²) in [6, 6.07) is 9.90. The summed E-state index contributed by atoms with van der Waals surface area (Å²) >= 11 is 0.721. The predicted molar refractivity (Wildman–Crippen MR) is 106 cm³/mol. The number of thioether (sulfide) groups is 1. The molecule has 0 radical (unpaired) electrons. The van der Waals surface area contributed by atoms with Crippen LogP contribution in [-0.2, 0) is 9.59 Å². The van der Waals surface area contributed by atoms with Crippen LogP contribution in [0.1, 0.15) is 16.8 Å². The molecule has 0 bridgehead atoms. The number of carbonyl (C=O) groups excluding carboxylic acids is 3. The Morgan fingerprint density at radius 2 is 1.97 bits per heavy atom. The summed E-state index contributed by atoms with van der Waals surface area (Å²) in [5.74, 6) is -2.30. The first-order valence-corrected chi connectivity index (χ1v) is 9.23. The van der Waals surface area contributed by atoms with Crippen LogP contribution in [0.3, 0.4) is 0 Å². The molecule has 0 spiro atoms. The molecule has 3 amide bonds. The van der Waals surface area contributed by atoms with Gasteiger partial charge < -0.3 is 20.3 Å². The van der Waals surface area contributed by atoms with Gasteiger partial charge in [0.05, 0.1) is 24.0 Å². The number of hydrogen-bond acceptors (Lipinski definition) is 7. The largest absolute Gasteiger partial charge is 0.508 e. The van der Waals surface area contributed by atoms with Crippen LogP contribution in [0.4, 0.5) is 16.2 Å². The minimum atomic E-state index is -1.33. The fourth-order valence-corrected chi connectivity index (χ4v) is 3.74. The molecule has 29 heavy (non-hydrogen) atoms. The standard InChI is InChI=1S/C19H16N2O7S/c1-28-12-4-2-3-10(7-12)21-17(24)15(29-19(21)27)9-16(23)20-14-6-5-11(22)8-13(14)18(25)26/h2-8,15,22H,9H2,1H3,(H,20,23)(H,25,26). The maximum Gasteiger partial charge on any atom is 0.337 e. The Morgan fingerprint density at radius 3 is 2.66 bits per heavy atom. The number of phenolic OH excluding ortho intramolecular Hbond substituents is 1. The Morgan fingerprint density at radius 1 is 1.21 bits per heavy atom. The van der Waals surface area contributed by atoms with E-state index in [-0.39, 0.29) is 23.4 Å². The highest BCUT2D eigenvalue weighted by atomic mass is 32.2. The van der Waals surface area contributed by atoms with Gasteiger partial charge in [0.1, 0.15) is 16.7 Å². The first-order chi connectivity index (χ1) is 13.8. The van der Waals surface area contributed by atoms with E-state index in [9.17, 15) is 29.4 Å². The van der Waals surface area contributed by atoms with Crippen LogP contribution in [0.5, 0.6) is 11.5 Å². The van der Waals surface area contributed by atoms with Gasteiger partial charge in [0, 0.05) is 12.5 Å². The molecule has 1 aliphatic heterocycles. The number of imide groups is 1. The Bertz CT molecular complexity index is 1010. The Labute approximate surface area is 169 Å². The molecular formula is C19H16N2O7S. The fourth-order valence-electron chi connectivity index (χ4n) is 2.76. The monoisotopic (exact) mass is 416 g/mol. The quantitative estimate of drug-likeness (QED) is 0.612. The molecule has 2 aromatic rings. The van der Waals surface area contributed by atoms with Crippen LogP contribution in [-0.4, -0.2) is 45.6 Å². The molecule has 3 rings (SSSR count). The number of ether oxygens (including phenoxy) is 1. The fraction of sp³-hybridized carbons (Fsp3) is 0.158. The Kier molecular flexibility index (Phi) is 5.74. The van der Waals surface area contributed by atoms with E-state index < -0.39 is 28.3 Å². The van der Waals surface area contributed by atoms with Crippen molar-refractivity contribution in [2.45, 2.75) is 11.7 Å². The average molecular weight is 416 g/mol. The molecule has 1 aliphatic rings. The number of phenols is 1. The lowest BCUT2D eigenvalue weighted by molar-refractivity contribution is -0.121. The van der Waals surface area contributed by atoms with E-state index in [0.717, 1.165) is 22.7 Å². The number of benzene rings is 2. The molecule has 1 fully saturated rings. The summed E-state index contributed by atoms with van der Waals surface area (Å²) in [5, 5.41) is 19.5. The Hall–Kier alpha value is -3.53. The third kappa shape index (κ3) is 4.32. The third-order valence-electron chi connectivity index (χ3n) is 4.11. The van der Waals surface area contributed by atoms with Gasteiger partial charge in [-0.25, -0.2) is 9.69 Å². The summed E-state index contributed by atoms with van der Waals surface area (Å²) in [6.07, 6.45) is -0.324. The molecule has 0 saturated carbocycles. The molecule has 9 nitrogen and oxygen atoms in total. The zero-order chi connectivity index (χ0) is 21.1. The van der Waals surface area contributed by atoms with Gasteiger partial charge in [-0.1, -0.05) is 6.07 Å². The van der Waals surface area contributed by atoms with Gasteiger partial charge in [0.2, 0.25) is 11.8 Å². The Balaban J connectivity index is 1.73. The minimum Gasteiger partial charge on any atom is -0.508 e. The number of aromatic carboxylic acids is 1. The topological polar surface area (TPSA) is 133 Å². The van der Waals surface area contributed by atoms with Crippen molar-refractivity contribution in [1.82, 2.24) is 0 Å². The van der Waals surface area contributed by atoms with E-state index in [4.69, 9.17) is 4.74 Å². The van der Waals surface area contributed by atoms with E-state index in [0.29, 0.717) is 11.4 Å². The van der Waals surface area contributed by atoms with Crippen LogP contribution < -0.4 is 15.0 Å². The van der Waals surface area contributed by atoms with Crippen molar-refractivity contribution in [3.05, 3.63) is 48.0 Å². The zero-order valence-electron chi connectivity index (χ0n) is 15.1. The van der Waals surface area contributed by atoms with Gasteiger partial charge >= 0.3 is 5.97 Å². The second-order valence-corrected chi connectivity index (χ2v) is 7.19. The SMILES string of the molecule is COc1cccc(N2C(=O)SC(CC(=O)Nc3ccc(O)cc3C(=O)O)C2=O)c1. The molecular weight excluding hydrogens is 400 g/mol. The smallest absolute Gasteiger partial charge is 0.337 e. The van der Waals surface area contributed by atoms with E-state index in [2.05, 4.69) is 5.32 Å². The number of hydrogen-bond donors (Lipinski definition) is 3. The molecule has 1 unspecified atom stereocenters. The van der Waals surface area contributed by atoms with Crippen molar-refractivity contribution >= 4 is 46.2 Å². The van der Waals surface area contributed by atoms with Gasteiger partial charge in [-0.3, -0.25) is 14.4 Å². The van der Waals surface area contributed by atoms with E-state index in [1.807, 2.05) is 0 Å². The lowest BCUT2D eigenvalue weighted by Crippen LogP contribution is -2.33. The van der Waals surface area contributed by atoms with Crippen LogP contribution in [0.25, 0.3) is 0 Å². The number of amides is 3. The maximum absolute atomic E-state index is 12.7. The number of nitrogens with zero attached hydrogens (tertiary/aromatic N) is 1. The van der Waals surface area contributed by atoms with Gasteiger partial charge in [-0.2, -0.15) is 0 Å². The van der Waals surface area contributed by atoms with E-state index >= 15 is 0 Å². The molecule has 1 heterocycles. The molecule has 2 aromatic carbocycles. The number of aromatic hydroxyl groups is 1. The summed E-state index contributed by atoms with van der Waals surface area (Å²) < 4.78 is 5.10.